The van der Waals surface area contributed by atoms with Crippen molar-refractivity contribution >= 4 is 21.8 Å². The quantitative estimate of drug-likeness (QED) is 0.919. The van der Waals surface area contributed by atoms with Gasteiger partial charge in [-0.05, 0) is 45.8 Å². The highest BCUT2D eigenvalue weighted by molar-refractivity contribution is 9.10. The molecule has 0 radical (unpaired) electrons. The van der Waals surface area contributed by atoms with Gasteiger partial charge in [0.25, 0.3) is 5.91 Å². The van der Waals surface area contributed by atoms with E-state index in [-0.39, 0.29) is 5.91 Å². The molecule has 1 aromatic rings. The molecule has 0 aromatic carbocycles. The zero-order chi connectivity index (χ0) is 11.1. The van der Waals surface area contributed by atoms with Gasteiger partial charge in [-0.15, -0.1) is 0 Å². The molecule has 0 saturated heterocycles. The van der Waals surface area contributed by atoms with Crippen LogP contribution in [-0.4, -0.2) is 12.5 Å². The zero-order valence-electron chi connectivity index (χ0n) is 8.84. The normalized spacial score (nSPS) is 22.5. The first-order valence-electron chi connectivity index (χ1n) is 5.02. The molecule has 1 aromatic heterocycles. The number of rotatable bonds is 3. The third kappa shape index (κ3) is 2.43. The van der Waals surface area contributed by atoms with Gasteiger partial charge >= 0.3 is 0 Å². The Kier molecular flexibility index (Phi) is 2.63. The van der Waals surface area contributed by atoms with Crippen molar-refractivity contribution in [3.8, 4) is 0 Å². The van der Waals surface area contributed by atoms with Crippen LogP contribution in [0.25, 0.3) is 0 Å². The first kappa shape index (κ1) is 10.7. The van der Waals surface area contributed by atoms with Crippen LogP contribution in [0, 0.1) is 11.3 Å². The van der Waals surface area contributed by atoms with E-state index < -0.39 is 0 Å². The van der Waals surface area contributed by atoms with E-state index in [4.69, 9.17) is 4.42 Å². The largest absolute Gasteiger partial charge is 0.444 e. The lowest BCUT2D eigenvalue weighted by molar-refractivity contribution is 0.0921. The van der Waals surface area contributed by atoms with E-state index >= 15 is 0 Å². The number of carbonyl (C=O) groups excluding carboxylic acids is 1. The van der Waals surface area contributed by atoms with Crippen LogP contribution in [0.15, 0.2) is 21.2 Å². The average molecular weight is 272 g/mol. The third-order valence-corrected chi connectivity index (χ3v) is 3.45. The van der Waals surface area contributed by atoms with Crippen molar-refractivity contribution in [1.29, 1.82) is 0 Å². The molecule has 0 bridgehead atoms. The van der Waals surface area contributed by atoms with Crippen LogP contribution in [0.4, 0.5) is 0 Å². The summed E-state index contributed by atoms with van der Waals surface area (Å²) >= 11 is 3.16. The second-order valence-corrected chi connectivity index (χ2v) is 5.48. The Morgan fingerprint density at radius 1 is 1.67 bits per heavy atom. The van der Waals surface area contributed by atoms with E-state index in [0.717, 1.165) is 6.54 Å². The summed E-state index contributed by atoms with van der Waals surface area (Å²) in [5, 5.41) is 2.88. The van der Waals surface area contributed by atoms with Gasteiger partial charge in [0.2, 0.25) is 0 Å². The van der Waals surface area contributed by atoms with E-state index in [1.54, 1.807) is 12.1 Å². The standard InChI is InChI=1S/C11H14BrNO2/c1-11(2)5-7(11)6-13-10(14)8-3-4-9(12)15-8/h3-4,7H,5-6H2,1-2H3,(H,13,14). The van der Waals surface area contributed by atoms with Crippen molar-refractivity contribution in [2.24, 2.45) is 11.3 Å². The van der Waals surface area contributed by atoms with Crippen molar-refractivity contribution in [1.82, 2.24) is 5.32 Å². The minimum Gasteiger partial charge on any atom is -0.444 e. The first-order chi connectivity index (χ1) is 6.99. The monoisotopic (exact) mass is 271 g/mol. The Bertz CT molecular complexity index is 384. The summed E-state index contributed by atoms with van der Waals surface area (Å²) in [5.41, 5.74) is 0.400. The van der Waals surface area contributed by atoms with Crippen LogP contribution in [0.3, 0.4) is 0 Å². The van der Waals surface area contributed by atoms with Crippen molar-refractivity contribution in [3.05, 3.63) is 22.6 Å². The Hall–Kier alpha value is -0.770. The summed E-state index contributed by atoms with van der Waals surface area (Å²) in [6, 6.07) is 3.38. The molecule has 1 N–H and O–H groups in total. The topological polar surface area (TPSA) is 42.2 Å². The Morgan fingerprint density at radius 3 is 2.80 bits per heavy atom. The Morgan fingerprint density at radius 2 is 2.33 bits per heavy atom. The van der Waals surface area contributed by atoms with Gasteiger partial charge in [0.05, 0.1) is 0 Å². The van der Waals surface area contributed by atoms with Gasteiger partial charge in [0.1, 0.15) is 0 Å². The maximum absolute atomic E-state index is 11.6. The van der Waals surface area contributed by atoms with Crippen molar-refractivity contribution < 1.29 is 9.21 Å². The molecule has 82 valence electrons. The molecular formula is C11H14BrNO2. The first-order valence-corrected chi connectivity index (χ1v) is 5.82. The number of furan rings is 1. The number of hydrogen-bond acceptors (Lipinski definition) is 2. The molecule has 1 aliphatic carbocycles. The van der Waals surface area contributed by atoms with Gasteiger partial charge in [-0.2, -0.15) is 0 Å². The lowest BCUT2D eigenvalue weighted by Gasteiger charge is -2.04. The summed E-state index contributed by atoms with van der Waals surface area (Å²) in [7, 11) is 0. The molecule has 1 saturated carbocycles. The van der Waals surface area contributed by atoms with Gasteiger partial charge in [-0.1, -0.05) is 13.8 Å². The minimum absolute atomic E-state index is 0.136. The summed E-state index contributed by atoms with van der Waals surface area (Å²) in [6.07, 6.45) is 1.19. The zero-order valence-corrected chi connectivity index (χ0v) is 10.4. The average Bonchev–Trinajstić information content (AvgIpc) is 2.59. The van der Waals surface area contributed by atoms with Crippen molar-refractivity contribution in [3.63, 3.8) is 0 Å². The van der Waals surface area contributed by atoms with E-state index in [9.17, 15) is 4.79 Å². The van der Waals surface area contributed by atoms with Crippen molar-refractivity contribution in [2.45, 2.75) is 20.3 Å². The van der Waals surface area contributed by atoms with Crippen molar-refractivity contribution in [2.75, 3.05) is 6.54 Å². The molecule has 1 unspecified atom stereocenters. The van der Waals surface area contributed by atoms with Gasteiger partial charge in [0.15, 0.2) is 10.4 Å². The fourth-order valence-electron chi connectivity index (χ4n) is 1.66. The Balaban J connectivity index is 1.83. The molecule has 0 aliphatic heterocycles. The molecule has 2 rings (SSSR count). The van der Waals surface area contributed by atoms with Gasteiger partial charge in [0, 0.05) is 6.54 Å². The predicted molar refractivity (Wildman–Crippen MR) is 60.6 cm³/mol. The lowest BCUT2D eigenvalue weighted by atomic mass is 10.1. The smallest absolute Gasteiger partial charge is 0.287 e. The SMILES string of the molecule is CC1(C)CC1CNC(=O)c1ccc(Br)o1. The fourth-order valence-corrected chi connectivity index (χ4v) is 1.97. The number of hydrogen-bond donors (Lipinski definition) is 1. The van der Waals surface area contributed by atoms with Crippen LogP contribution in [0.5, 0.6) is 0 Å². The summed E-state index contributed by atoms with van der Waals surface area (Å²) in [5.74, 6) is 0.837. The van der Waals surface area contributed by atoms with Crippen LogP contribution in [0.1, 0.15) is 30.8 Å². The molecule has 4 heteroatoms. The molecule has 0 spiro atoms. The summed E-state index contributed by atoms with van der Waals surface area (Å²) in [6.45, 7) is 5.17. The molecule has 15 heavy (non-hydrogen) atoms. The highest BCUT2D eigenvalue weighted by atomic mass is 79.9. The van der Waals surface area contributed by atoms with Crippen LogP contribution >= 0.6 is 15.9 Å². The molecule has 1 heterocycles. The summed E-state index contributed by atoms with van der Waals surface area (Å²) < 4.78 is 5.74. The van der Waals surface area contributed by atoms with E-state index in [1.165, 1.54) is 6.42 Å². The van der Waals surface area contributed by atoms with Crippen LogP contribution < -0.4 is 5.32 Å². The minimum atomic E-state index is -0.136. The highest BCUT2D eigenvalue weighted by Gasteiger charge is 2.45. The molecule has 1 fully saturated rings. The molecule has 1 amide bonds. The van der Waals surface area contributed by atoms with Crippen LogP contribution in [0.2, 0.25) is 0 Å². The Labute approximate surface area is 97.4 Å². The molecule has 1 atom stereocenters. The maximum atomic E-state index is 11.6. The van der Waals surface area contributed by atoms with Gasteiger partial charge in [-0.3, -0.25) is 4.79 Å². The number of nitrogens with one attached hydrogen (secondary N) is 1. The van der Waals surface area contributed by atoms with Crippen LogP contribution in [-0.2, 0) is 0 Å². The molecule has 3 nitrogen and oxygen atoms in total. The second-order valence-electron chi connectivity index (χ2n) is 4.70. The number of halogens is 1. The van der Waals surface area contributed by atoms with E-state index in [2.05, 4.69) is 35.1 Å². The number of amides is 1. The van der Waals surface area contributed by atoms with Gasteiger partial charge in [-0.25, -0.2) is 0 Å². The molecular weight excluding hydrogens is 258 g/mol. The summed E-state index contributed by atoms with van der Waals surface area (Å²) in [4.78, 5) is 11.6. The molecule has 1 aliphatic rings. The van der Waals surface area contributed by atoms with Gasteiger partial charge < -0.3 is 9.73 Å². The third-order valence-electron chi connectivity index (χ3n) is 3.02. The van der Waals surface area contributed by atoms with E-state index in [1.807, 2.05) is 0 Å². The second kappa shape index (κ2) is 3.67. The van der Waals surface area contributed by atoms with E-state index in [0.29, 0.717) is 21.8 Å². The number of carbonyl (C=O) groups is 1. The maximum Gasteiger partial charge on any atom is 0.287 e. The lowest BCUT2D eigenvalue weighted by Crippen LogP contribution is -2.26. The highest BCUT2D eigenvalue weighted by Crippen LogP contribution is 2.50. The fraction of sp³-hybridized carbons (Fsp3) is 0.545. The predicted octanol–water partition coefficient (Wildman–Crippen LogP) is 2.82.